The predicted octanol–water partition coefficient (Wildman–Crippen LogP) is 3.33. The summed E-state index contributed by atoms with van der Waals surface area (Å²) in [5.41, 5.74) is 0. The number of halogens is 3. The second-order valence-electron chi connectivity index (χ2n) is 6.49. The summed E-state index contributed by atoms with van der Waals surface area (Å²) in [6.45, 7) is 0. The molecule has 2 amide bonds. The zero-order valence-corrected chi connectivity index (χ0v) is 14.3. The van der Waals surface area contributed by atoms with Crippen LogP contribution >= 0.6 is 23.5 Å². The molecule has 0 aromatic heterocycles. The summed E-state index contributed by atoms with van der Waals surface area (Å²) in [5, 5.41) is -1.45. The zero-order chi connectivity index (χ0) is 16.6. The van der Waals surface area contributed by atoms with Gasteiger partial charge in [0.2, 0.25) is 11.8 Å². The van der Waals surface area contributed by atoms with Gasteiger partial charge in [-0.3, -0.25) is 14.5 Å². The van der Waals surface area contributed by atoms with Crippen molar-refractivity contribution < 1.29 is 22.8 Å². The first-order chi connectivity index (χ1) is 10.9. The summed E-state index contributed by atoms with van der Waals surface area (Å²) in [4.78, 5) is 25.5. The van der Waals surface area contributed by atoms with Gasteiger partial charge in [-0.25, -0.2) is 0 Å². The van der Waals surface area contributed by atoms with Crippen LogP contribution in [0.4, 0.5) is 13.2 Å². The summed E-state index contributed by atoms with van der Waals surface area (Å²) in [7, 11) is 0. The van der Waals surface area contributed by atoms with E-state index in [9.17, 15) is 22.8 Å². The van der Waals surface area contributed by atoms with Crippen LogP contribution in [0.1, 0.15) is 32.1 Å². The van der Waals surface area contributed by atoms with Gasteiger partial charge in [-0.2, -0.15) is 13.2 Å². The Morgan fingerprint density at radius 2 is 1.61 bits per heavy atom. The number of rotatable bonds is 2. The minimum absolute atomic E-state index is 0.0365. The molecule has 0 spiro atoms. The predicted molar refractivity (Wildman–Crippen MR) is 85.3 cm³/mol. The van der Waals surface area contributed by atoms with Crippen molar-refractivity contribution >= 4 is 35.3 Å². The van der Waals surface area contributed by atoms with Crippen LogP contribution < -0.4 is 0 Å². The van der Waals surface area contributed by atoms with Crippen LogP contribution in [0.3, 0.4) is 0 Å². The smallest absolute Gasteiger partial charge is 0.277 e. The maximum absolute atomic E-state index is 13.5. The van der Waals surface area contributed by atoms with Crippen molar-refractivity contribution in [3.63, 3.8) is 0 Å². The minimum Gasteiger partial charge on any atom is -0.277 e. The molecule has 8 heteroatoms. The van der Waals surface area contributed by atoms with Crippen LogP contribution in [0.2, 0.25) is 0 Å². The highest BCUT2D eigenvalue weighted by Crippen LogP contribution is 2.50. The monoisotopic (exact) mass is 367 g/mol. The first-order valence-corrected chi connectivity index (χ1v) is 10.2. The molecule has 3 unspecified atom stereocenters. The number of hydrogen-bond donors (Lipinski definition) is 0. The van der Waals surface area contributed by atoms with Crippen molar-refractivity contribution in [1.82, 2.24) is 4.90 Å². The van der Waals surface area contributed by atoms with Crippen LogP contribution in [0.15, 0.2) is 0 Å². The second kappa shape index (κ2) is 6.86. The first-order valence-electron chi connectivity index (χ1n) is 8.00. The third-order valence-electron chi connectivity index (χ3n) is 5.08. The van der Waals surface area contributed by atoms with E-state index < -0.39 is 23.4 Å². The van der Waals surface area contributed by atoms with E-state index in [-0.39, 0.29) is 35.0 Å². The maximum Gasteiger partial charge on any atom is 0.400 e. The average molecular weight is 367 g/mol. The van der Waals surface area contributed by atoms with Gasteiger partial charge in [0.1, 0.15) is 5.25 Å². The molecule has 0 radical (unpaired) electrons. The molecule has 3 rings (SSSR count). The quantitative estimate of drug-likeness (QED) is 0.702. The Bertz CT molecular complexity index is 464. The van der Waals surface area contributed by atoms with Gasteiger partial charge in [0.15, 0.2) is 0 Å². The standard InChI is InChI=1S/C15H20F3NO2S2/c16-15(17,18)14-13(9-4-2-1-3-5-9)10(6-23-14)19-11(20)7-22-8-12(19)21/h9-10,13-14H,1-8H2. The Balaban J connectivity index is 1.88. The topological polar surface area (TPSA) is 37.4 Å². The zero-order valence-electron chi connectivity index (χ0n) is 12.7. The van der Waals surface area contributed by atoms with Gasteiger partial charge in [0.05, 0.1) is 17.5 Å². The van der Waals surface area contributed by atoms with Crippen molar-refractivity contribution in [2.75, 3.05) is 17.3 Å². The van der Waals surface area contributed by atoms with Crippen LogP contribution in [0.5, 0.6) is 0 Å². The number of thioether (sulfide) groups is 2. The highest BCUT2D eigenvalue weighted by molar-refractivity contribution is 8.00. The van der Waals surface area contributed by atoms with Crippen molar-refractivity contribution in [2.45, 2.75) is 49.6 Å². The number of imide groups is 1. The molecule has 1 saturated carbocycles. The third-order valence-corrected chi connectivity index (χ3v) is 7.45. The molecule has 3 aliphatic rings. The lowest BCUT2D eigenvalue weighted by Gasteiger charge is -2.40. The lowest BCUT2D eigenvalue weighted by molar-refractivity contribution is -0.156. The van der Waals surface area contributed by atoms with E-state index in [1.165, 1.54) is 16.7 Å². The van der Waals surface area contributed by atoms with E-state index in [1.54, 1.807) is 0 Å². The van der Waals surface area contributed by atoms with Gasteiger partial charge in [0.25, 0.3) is 0 Å². The van der Waals surface area contributed by atoms with Crippen molar-refractivity contribution in [1.29, 1.82) is 0 Å². The lowest BCUT2D eigenvalue weighted by atomic mass is 9.75. The lowest BCUT2D eigenvalue weighted by Crippen LogP contribution is -2.54. The molecule has 0 N–H and O–H groups in total. The summed E-state index contributed by atoms with van der Waals surface area (Å²) in [5.74, 6) is -0.710. The fourth-order valence-corrected chi connectivity index (χ4v) is 6.46. The average Bonchev–Trinajstić information content (AvgIpc) is 2.93. The molecule has 0 aromatic carbocycles. The number of alkyl halides is 3. The van der Waals surface area contributed by atoms with Gasteiger partial charge >= 0.3 is 6.18 Å². The largest absolute Gasteiger partial charge is 0.400 e. The molecule has 2 heterocycles. The molecule has 3 fully saturated rings. The van der Waals surface area contributed by atoms with Gasteiger partial charge < -0.3 is 0 Å². The number of amides is 2. The Hall–Kier alpha value is -0.370. The minimum atomic E-state index is -4.28. The molecule has 130 valence electrons. The molecule has 3 atom stereocenters. The molecule has 2 saturated heterocycles. The Kier molecular flexibility index (Phi) is 5.21. The normalized spacial score (nSPS) is 34.2. The number of nitrogens with zero attached hydrogens (tertiary/aromatic N) is 1. The van der Waals surface area contributed by atoms with Gasteiger partial charge in [0, 0.05) is 11.7 Å². The number of hydrogen-bond acceptors (Lipinski definition) is 4. The van der Waals surface area contributed by atoms with Gasteiger partial charge in [-0.05, 0) is 5.92 Å². The van der Waals surface area contributed by atoms with Gasteiger partial charge in [-0.15, -0.1) is 23.5 Å². The van der Waals surface area contributed by atoms with E-state index in [4.69, 9.17) is 0 Å². The van der Waals surface area contributed by atoms with Gasteiger partial charge in [-0.1, -0.05) is 32.1 Å². The van der Waals surface area contributed by atoms with E-state index in [2.05, 4.69) is 0 Å². The Morgan fingerprint density at radius 3 is 2.17 bits per heavy atom. The maximum atomic E-state index is 13.5. The van der Waals surface area contributed by atoms with E-state index in [1.807, 2.05) is 0 Å². The first kappa shape index (κ1) is 17.5. The third kappa shape index (κ3) is 3.52. The summed E-state index contributed by atoms with van der Waals surface area (Å²) in [6.07, 6.45) is 0.231. The number of carbonyl (C=O) groups excluding carboxylic acids is 2. The van der Waals surface area contributed by atoms with E-state index in [0.29, 0.717) is 0 Å². The van der Waals surface area contributed by atoms with E-state index in [0.717, 1.165) is 43.9 Å². The van der Waals surface area contributed by atoms with Crippen molar-refractivity contribution in [2.24, 2.45) is 11.8 Å². The molecular formula is C15H20F3NO2S2. The molecule has 0 aromatic rings. The Labute approximate surface area is 142 Å². The van der Waals surface area contributed by atoms with Crippen LogP contribution in [0, 0.1) is 11.8 Å². The molecular weight excluding hydrogens is 347 g/mol. The van der Waals surface area contributed by atoms with Crippen molar-refractivity contribution in [3.8, 4) is 0 Å². The summed E-state index contributed by atoms with van der Waals surface area (Å²) in [6, 6.07) is -0.587. The van der Waals surface area contributed by atoms with Crippen molar-refractivity contribution in [3.05, 3.63) is 0 Å². The van der Waals surface area contributed by atoms with E-state index >= 15 is 0 Å². The highest BCUT2D eigenvalue weighted by atomic mass is 32.2. The molecule has 1 aliphatic carbocycles. The Morgan fingerprint density at radius 1 is 1.00 bits per heavy atom. The second-order valence-corrected chi connectivity index (χ2v) is 8.65. The van der Waals surface area contributed by atoms with Crippen LogP contribution in [0.25, 0.3) is 0 Å². The molecule has 0 bridgehead atoms. The molecule has 23 heavy (non-hydrogen) atoms. The highest BCUT2D eigenvalue weighted by Gasteiger charge is 2.56. The SMILES string of the molecule is O=C1CSCC(=O)N1C1CSC(C(F)(F)F)C1C1CCCCC1. The van der Waals surface area contributed by atoms with Crippen LogP contribution in [-0.2, 0) is 9.59 Å². The summed E-state index contributed by atoms with van der Waals surface area (Å²) >= 11 is 2.13. The fourth-order valence-electron chi connectivity index (χ4n) is 4.14. The summed E-state index contributed by atoms with van der Waals surface area (Å²) < 4.78 is 40.5. The molecule has 2 aliphatic heterocycles. The molecule has 3 nitrogen and oxygen atoms in total. The van der Waals surface area contributed by atoms with Crippen LogP contribution in [-0.4, -0.2) is 51.4 Å². The fraction of sp³-hybridized carbons (Fsp3) is 0.867. The number of carbonyl (C=O) groups is 2.